The van der Waals surface area contributed by atoms with Crippen molar-refractivity contribution in [1.82, 2.24) is 0 Å². The summed E-state index contributed by atoms with van der Waals surface area (Å²) in [6, 6.07) is 0. The summed E-state index contributed by atoms with van der Waals surface area (Å²) in [5, 5.41) is 0. The first-order valence-corrected chi connectivity index (χ1v) is 12.8. The van der Waals surface area contributed by atoms with Crippen LogP contribution in [0.15, 0.2) is 108 Å². The molecule has 194 valence electrons. The highest BCUT2D eigenvalue weighted by Crippen LogP contribution is 2.63. The van der Waals surface area contributed by atoms with E-state index in [4.69, 9.17) is 18.9 Å². The number of rotatable bonds is 13. The SMILES string of the molecule is C=CC=C1/C(=C\C)C(C)(C)CC1(/C(C=C)=C/C=C(\C)OCC1CO1)C(/C=C\C(=C)OCC1CO1)=C/C. The molecule has 0 aromatic heterocycles. The maximum absolute atomic E-state index is 5.88. The van der Waals surface area contributed by atoms with Gasteiger partial charge in [0, 0.05) is 5.41 Å². The molecule has 1 saturated carbocycles. The van der Waals surface area contributed by atoms with Crippen LogP contribution in [0.4, 0.5) is 0 Å². The van der Waals surface area contributed by atoms with Crippen molar-refractivity contribution in [3.8, 4) is 0 Å². The van der Waals surface area contributed by atoms with Crippen molar-refractivity contribution >= 4 is 0 Å². The van der Waals surface area contributed by atoms with Gasteiger partial charge in [0.05, 0.1) is 19.0 Å². The van der Waals surface area contributed by atoms with E-state index in [1.807, 2.05) is 31.2 Å². The van der Waals surface area contributed by atoms with E-state index in [-0.39, 0.29) is 17.6 Å². The Bertz CT molecular complexity index is 1040. The van der Waals surface area contributed by atoms with Gasteiger partial charge < -0.3 is 18.9 Å². The van der Waals surface area contributed by atoms with Crippen molar-refractivity contribution in [2.75, 3.05) is 26.4 Å². The summed E-state index contributed by atoms with van der Waals surface area (Å²) < 4.78 is 22.2. The summed E-state index contributed by atoms with van der Waals surface area (Å²) in [5.41, 5.74) is 4.31. The van der Waals surface area contributed by atoms with Gasteiger partial charge in [0.1, 0.15) is 31.2 Å². The topological polar surface area (TPSA) is 43.5 Å². The van der Waals surface area contributed by atoms with Crippen molar-refractivity contribution < 1.29 is 18.9 Å². The van der Waals surface area contributed by atoms with E-state index >= 15 is 0 Å². The van der Waals surface area contributed by atoms with E-state index in [0.717, 1.165) is 36.5 Å². The minimum atomic E-state index is -0.428. The highest BCUT2D eigenvalue weighted by Gasteiger charge is 2.52. The van der Waals surface area contributed by atoms with Crippen LogP contribution >= 0.6 is 0 Å². The van der Waals surface area contributed by atoms with Gasteiger partial charge in [-0.2, -0.15) is 0 Å². The molecule has 3 rings (SSSR count). The van der Waals surface area contributed by atoms with Crippen LogP contribution in [0.5, 0.6) is 0 Å². The maximum atomic E-state index is 5.88. The first-order chi connectivity index (χ1) is 17.2. The highest BCUT2D eigenvalue weighted by atomic mass is 16.6. The molecule has 3 unspecified atom stereocenters. The predicted octanol–water partition coefficient (Wildman–Crippen LogP) is 7.32. The highest BCUT2D eigenvalue weighted by molar-refractivity contribution is 5.62. The van der Waals surface area contributed by atoms with Gasteiger partial charge in [0.25, 0.3) is 0 Å². The van der Waals surface area contributed by atoms with Gasteiger partial charge in [-0.1, -0.05) is 76.1 Å². The molecular weight excluding hydrogens is 448 g/mol. The molecule has 0 aromatic rings. The summed E-state index contributed by atoms with van der Waals surface area (Å²) in [6.45, 7) is 25.8. The molecule has 2 saturated heterocycles. The van der Waals surface area contributed by atoms with Crippen LogP contribution in [0.25, 0.3) is 0 Å². The molecule has 0 spiro atoms. The van der Waals surface area contributed by atoms with Gasteiger partial charge in [-0.3, -0.25) is 0 Å². The summed E-state index contributed by atoms with van der Waals surface area (Å²) in [7, 11) is 0. The second-order valence-electron chi connectivity index (χ2n) is 10.2. The van der Waals surface area contributed by atoms with E-state index in [2.05, 4.69) is 77.8 Å². The lowest BCUT2D eigenvalue weighted by atomic mass is 9.67. The minimum Gasteiger partial charge on any atom is -0.495 e. The zero-order chi connectivity index (χ0) is 26.3. The Morgan fingerprint density at radius 3 is 2.14 bits per heavy atom. The van der Waals surface area contributed by atoms with Gasteiger partial charge in [0.2, 0.25) is 0 Å². The van der Waals surface area contributed by atoms with Crippen molar-refractivity contribution in [3.63, 3.8) is 0 Å². The lowest BCUT2D eigenvalue weighted by Crippen LogP contribution is -2.25. The number of epoxide rings is 2. The van der Waals surface area contributed by atoms with Crippen LogP contribution < -0.4 is 0 Å². The normalized spacial score (nSPS) is 30.1. The fourth-order valence-electron chi connectivity index (χ4n) is 5.13. The number of hydrogen-bond acceptors (Lipinski definition) is 4. The molecule has 4 heteroatoms. The van der Waals surface area contributed by atoms with E-state index in [1.54, 1.807) is 0 Å². The number of hydrogen-bond donors (Lipinski definition) is 0. The molecular formula is C32H42O4. The molecule has 36 heavy (non-hydrogen) atoms. The van der Waals surface area contributed by atoms with Gasteiger partial charge in [-0.05, 0) is 67.1 Å². The van der Waals surface area contributed by atoms with E-state index in [1.165, 1.54) is 11.1 Å². The molecule has 0 amide bonds. The zero-order valence-electron chi connectivity index (χ0n) is 22.6. The summed E-state index contributed by atoms with van der Waals surface area (Å²) in [4.78, 5) is 0. The Hall–Kier alpha value is -2.82. The molecule has 0 N–H and O–H groups in total. The van der Waals surface area contributed by atoms with Gasteiger partial charge in [-0.25, -0.2) is 0 Å². The Morgan fingerprint density at radius 1 is 0.972 bits per heavy atom. The maximum Gasteiger partial charge on any atom is 0.117 e. The largest absolute Gasteiger partial charge is 0.495 e. The fraction of sp³-hybridized carbons (Fsp3) is 0.438. The molecule has 3 fully saturated rings. The van der Waals surface area contributed by atoms with Gasteiger partial charge in [0.15, 0.2) is 0 Å². The van der Waals surface area contributed by atoms with Crippen LogP contribution in [0.2, 0.25) is 0 Å². The number of allylic oxidation sites excluding steroid dienone is 14. The molecule has 0 aromatic carbocycles. The third-order valence-corrected chi connectivity index (χ3v) is 6.98. The molecule has 1 aliphatic carbocycles. The van der Waals surface area contributed by atoms with E-state index in [0.29, 0.717) is 19.0 Å². The second-order valence-corrected chi connectivity index (χ2v) is 10.2. The molecule has 0 radical (unpaired) electrons. The van der Waals surface area contributed by atoms with Crippen LogP contribution in [-0.4, -0.2) is 38.6 Å². The average molecular weight is 491 g/mol. The van der Waals surface area contributed by atoms with Crippen molar-refractivity contribution in [1.29, 1.82) is 0 Å². The number of ether oxygens (including phenoxy) is 4. The summed E-state index contributed by atoms with van der Waals surface area (Å²) in [6.07, 6.45) is 19.9. The molecule has 4 nitrogen and oxygen atoms in total. The third-order valence-electron chi connectivity index (χ3n) is 6.98. The molecule has 3 atom stereocenters. The Labute approximate surface area is 217 Å². The van der Waals surface area contributed by atoms with E-state index < -0.39 is 5.41 Å². The van der Waals surface area contributed by atoms with Crippen LogP contribution in [0.3, 0.4) is 0 Å². The fourth-order valence-corrected chi connectivity index (χ4v) is 5.13. The standard InChI is InChI=1S/C32H42O4/c1-9-13-30-29(12-4)31(7,8)22-32(30,25(10-2)16-14-23(5)33-18-27-20-35-27)26(11-3)17-15-24(6)34-19-28-21-36-28/h9-17,27-28H,1-2,6,18-22H2,3-5,7-8H3/b17-15-,23-14+,25-16+,26-11+,29-12+,30-13?. The van der Waals surface area contributed by atoms with Gasteiger partial charge in [-0.15, -0.1) is 0 Å². The summed E-state index contributed by atoms with van der Waals surface area (Å²) in [5.74, 6) is 1.47. The Balaban J connectivity index is 2.06. The summed E-state index contributed by atoms with van der Waals surface area (Å²) >= 11 is 0. The van der Waals surface area contributed by atoms with E-state index in [9.17, 15) is 0 Å². The first kappa shape index (κ1) is 27.8. The zero-order valence-corrected chi connectivity index (χ0v) is 22.6. The Morgan fingerprint density at radius 2 is 1.61 bits per heavy atom. The monoisotopic (exact) mass is 490 g/mol. The smallest absolute Gasteiger partial charge is 0.117 e. The molecule has 2 aliphatic heterocycles. The van der Waals surface area contributed by atoms with Crippen LogP contribution in [0.1, 0.15) is 41.0 Å². The predicted molar refractivity (Wildman–Crippen MR) is 148 cm³/mol. The molecule has 2 heterocycles. The van der Waals surface area contributed by atoms with Crippen LogP contribution in [0, 0.1) is 10.8 Å². The lowest BCUT2D eigenvalue weighted by Gasteiger charge is -2.35. The third kappa shape index (κ3) is 6.48. The Kier molecular flexibility index (Phi) is 9.21. The minimum absolute atomic E-state index is 0.0524. The molecule has 0 bridgehead atoms. The van der Waals surface area contributed by atoms with Crippen molar-refractivity contribution in [3.05, 3.63) is 108 Å². The molecule has 3 aliphatic rings. The van der Waals surface area contributed by atoms with Gasteiger partial charge >= 0.3 is 0 Å². The van der Waals surface area contributed by atoms with Crippen molar-refractivity contribution in [2.45, 2.75) is 53.2 Å². The van der Waals surface area contributed by atoms with Crippen molar-refractivity contribution in [2.24, 2.45) is 10.8 Å². The second kappa shape index (κ2) is 11.9. The quantitative estimate of drug-likeness (QED) is 0.154. The lowest BCUT2D eigenvalue weighted by molar-refractivity contribution is 0.184. The first-order valence-electron chi connectivity index (χ1n) is 12.8. The average Bonchev–Trinajstić information content (AvgIpc) is 3.76. The van der Waals surface area contributed by atoms with Crippen LogP contribution in [-0.2, 0) is 18.9 Å².